The van der Waals surface area contributed by atoms with Crippen LogP contribution in [0.4, 0.5) is 5.69 Å². The summed E-state index contributed by atoms with van der Waals surface area (Å²) in [5.41, 5.74) is 6.88. The van der Waals surface area contributed by atoms with Gasteiger partial charge in [0.15, 0.2) is 0 Å². The van der Waals surface area contributed by atoms with E-state index in [1.807, 2.05) is 11.8 Å². The molecule has 0 aliphatic carbocycles. The minimum Gasteiger partial charge on any atom is -0.396 e. The summed E-state index contributed by atoms with van der Waals surface area (Å²) in [6, 6.07) is 0.363. The van der Waals surface area contributed by atoms with Crippen molar-refractivity contribution in [3.05, 3.63) is 11.9 Å². The third kappa shape index (κ3) is 2.01. The van der Waals surface area contributed by atoms with Crippen LogP contribution in [-0.4, -0.2) is 33.2 Å². The van der Waals surface area contributed by atoms with E-state index in [4.69, 9.17) is 5.73 Å². The zero-order valence-corrected chi connectivity index (χ0v) is 10.5. The van der Waals surface area contributed by atoms with E-state index >= 15 is 0 Å². The van der Waals surface area contributed by atoms with Crippen LogP contribution < -0.4 is 5.73 Å². The molecule has 0 bridgehead atoms. The van der Waals surface area contributed by atoms with Gasteiger partial charge in [0.25, 0.3) is 5.91 Å². The van der Waals surface area contributed by atoms with Crippen LogP contribution in [0.2, 0.25) is 0 Å². The lowest BCUT2D eigenvalue weighted by Gasteiger charge is -2.24. The van der Waals surface area contributed by atoms with E-state index in [-0.39, 0.29) is 5.91 Å². The van der Waals surface area contributed by atoms with Crippen molar-refractivity contribution in [1.29, 1.82) is 0 Å². The van der Waals surface area contributed by atoms with E-state index in [0.29, 0.717) is 24.0 Å². The molecular weight excluding hydrogens is 216 g/mol. The second-order valence-corrected chi connectivity index (χ2v) is 4.47. The number of anilines is 1. The fourth-order valence-electron chi connectivity index (χ4n) is 2.54. The quantitative estimate of drug-likeness (QED) is 0.865. The molecule has 1 unspecified atom stereocenters. The van der Waals surface area contributed by atoms with Gasteiger partial charge in [-0.2, -0.15) is 5.10 Å². The number of aryl methyl sites for hydroxylation is 1. The second-order valence-electron chi connectivity index (χ2n) is 4.47. The van der Waals surface area contributed by atoms with Gasteiger partial charge in [-0.3, -0.25) is 9.48 Å². The topological polar surface area (TPSA) is 64.2 Å². The number of carbonyl (C=O) groups excluding carboxylic acids is 1. The van der Waals surface area contributed by atoms with Crippen molar-refractivity contribution in [1.82, 2.24) is 14.7 Å². The van der Waals surface area contributed by atoms with Gasteiger partial charge < -0.3 is 10.6 Å². The van der Waals surface area contributed by atoms with Crippen LogP contribution in [0, 0.1) is 0 Å². The molecule has 2 heterocycles. The SMILES string of the molecule is CCC1CCCN1C(=O)c1c(N)cnn1CC. The van der Waals surface area contributed by atoms with Gasteiger partial charge in [-0.1, -0.05) is 6.92 Å². The minimum absolute atomic E-state index is 0.0335. The third-order valence-electron chi connectivity index (χ3n) is 3.48. The van der Waals surface area contributed by atoms with Crippen molar-refractivity contribution < 1.29 is 4.79 Å². The van der Waals surface area contributed by atoms with Gasteiger partial charge in [-0.25, -0.2) is 0 Å². The molecule has 17 heavy (non-hydrogen) atoms. The van der Waals surface area contributed by atoms with Gasteiger partial charge in [0, 0.05) is 19.1 Å². The predicted octanol–water partition coefficient (Wildman–Crippen LogP) is 1.50. The van der Waals surface area contributed by atoms with Gasteiger partial charge in [0.2, 0.25) is 0 Å². The van der Waals surface area contributed by atoms with Crippen molar-refractivity contribution in [2.75, 3.05) is 12.3 Å². The van der Waals surface area contributed by atoms with Crippen LogP contribution >= 0.6 is 0 Å². The minimum atomic E-state index is 0.0335. The first-order valence-electron chi connectivity index (χ1n) is 6.31. The molecule has 0 radical (unpaired) electrons. The molecule has 5 nitrogen and oxygen atoms in total. The maximum Gasteiger partial charge on any atom is 0.274 e. The molecule has 1 aromatic heterocycles. The molecular formula is C12H20N4O. The Bertz CT molecular complexity index is 413. The first-order valence-corrected chi connectivity index (χ1v) is 6.31. The standard InChI is InChI=1S/C12H20N4O/c1-3-9-6-5-7-15(9)12(17)11-10(13)8-14-16(11)4-2/h8-9H,3-7,13H2,1-2H3. The van der Waals surface area contributed by atoms with E-state index in [0.717, 1.165) is 25.8 Å². The first-order chi connectivity index (χ1) is 8.19. The molecule has 0 saturated carbocycles. The number of likely N-dealkylation sites (tertiary alicyclic amines) is 1. The number of aromatic nitrogens is 2. The predicted molar refractivity (Wildman–Crippen MR) is 66.7 cm³/mol. The van der Waals surface area contributed by atoms with Crippen LogP contribution in [-0.2, 0) is 6.54 Å². The van der Waals surface area contributed by atoms with Crippen LogP contribution in [0.5, 0.6) is 0 Å². The van der Waals surface area contributed by atoms with E-state index in [1.54, 1.807) is 10.9 Å². The third-order valence-corrected chi connectivity index (χ3v) is 3.48. The Balaban J connectivity index is 2.27. The number of nitrogen functional groups attached to an aromatic ring is 1. The molecule has 2 rings (SSSR count). The maximum absolute atomic E-state index is 12.5. The number of amides is 1. The van der Waals surface area contributed by atoms with Gasteiger partial charge in [-0.05, 0) is 26.2 Å². The Morgan fingerprint density at radius 1 is 1.59 bits per heavy atom. The average Bonchev–Trinajstić information content (AvgIpc) is 2.93. The van der Waals surface area contributed by atoms with Gasteiger partial charge in [0.1, 0.15) is 5.69 Å². The van der Waals surface area contributed by atoms with Gasteiger partial charge in [0.05, 0.1) is 11.9 Å². The monoisotopic (exact) mass is 236 g/mol. The van der Waals surface area contributed by atoms with Crippen LogP contribution in [0.1, 0.15) is 43.6 Å². The fraction of sp³-hybridized carbons (Fsp3) is 0.667. The number of nitrogens with zero attached hydrogens (tertiary/aromatic N) is 3. The Morgan fingerprint density at radius 2 is 2.35 bits per heavy atom. The Labute approximate surface area is 102 Å². The number of carbonyl (C=O) groups is 1. The summed E-state index contributed by atoms with van der Waals surface area (Å²) >= 11 is 0. The molecule has 1 saturated heterocycles. The molecule has 1 amide bonds. The average molecular weight is 236 g/mol. The highest BCUT2D eigenvalue weighted by Gasteiger charge is 2.30. The van der Waals surface area contributed by atoms with Crippen molar-refractivity contribution in [3.63, 3.8) is 0 Å². The second kappa shape index (κ2) is 4.77. The zero-order chi connectivity index (χ0) is 12.4. The lowest BCUT2D eigenvalue weighted by atomic mass is 10.1. The summed E-state index contributed by atoms with van der Waals surface area (Å²) in [6.07, 6.45) is 4.76. The van der Waals surface area contributed by atoms with Crippen molar-refractivity contribution in [3.8, 4) is 0 Å². The molecule has 1 aliphatic rings. The smallest absolute Gasteiger partial charge is 0.274 e. The van der Waals surface area contributed by atoms with Gasteiger partial charge >= 0.3 is 0 Å². The highest BCUT2D eigenvalue weighted by molar-refractivity contribution is 5.97. The summed E-state index contributed by atoms with van der Waals surface area (Å²) in [6.45, 7) is 5.59. The highest BCUT2D eigenvalue weighted by atomic mass is 16.2. The van der Waals surface area contributed by atoms with E-state index in [2.05, 4.69) is 12.0 Å². The van der Waals surface area contributed by atoms with Crippen molar-refractivity contribution in [2.45, 2.75) is 45.7 Å². The molecule has 1 atom stereocenters. The largest absolute Gasteiger partial charge is 0.396 e. The summed E-state index contributed by atoms with van der Waals surface area (Å²) < 4.78 is 1.68. The summed E-state index contributed by atoms with van der Waals surface area (Å²) in [4.78, 5) is 14.4. The number of nitrogens with two attached hydrogens (primary N) is 1. The highest BCUT2D eigenvalue weighted by Crippen LogP contribution is 2.24. The lowest BCUT2D eigenvalue weighted by molar-refractivity contribution is 0.0722. The Hall–Kier alpha value is -1.52. The van der Waals surface area contributed by atoms with E-state index < -0.39 is 0 Å². The fourth-order valence-corrected chi connectivity index (χ4v) is 2.54. The van der Waals surface area contributed by atoms with Crippen molar-refractivity contribution in [2.24, 2.45) is 0 Å². The van der Waals surface area contributed by atoms with Crippen molar-refractivity contribution >= 4 is 11.6 Å². The molecule has 2 N–H and O–H groups in total. The lowest BCUT2D eigenvalue weighted by Crippen LogP contribution is -2.36. The molecule has 1 aliphatic heterocycles. The van der Waals surface area contributed by atoms with E-state index in [1.165, 1.54) is 0 Å². The molecule has 5 heteroatoms. The van der Waals surface area contributed by atoms with Crippen LogP contribution in [0.15, 0.2) is 6.20 Å². The first kappa shape index (κ1) is 12.0. The Kier molecular flexibility index (Phi) is 3.36. The molecule has 0 aromatic carbocycles. The van der Waals surface area contributed by atoms with Crippen LogP contribution in [0.3, 0.4) is 0 Å². The molecule has 1 fully saturated rings. The molecule has 0 spiro atoms. The summed E-state index contributed by atoms with van der Waals surface area (Å²) in [7, 11) is 0. The normalized spacial score (nSPS) is 19.9. The zero-order valence-electron chi connectivity index (χ0n) is 10.5. The molecule has 1 aromatic rings. The number of hydrogen-bond acceptors (Lipinski definition) is 3. The molecule has 94 valence electrons. The summed E-state index contributed by atoms with van der Waals surface area (Å²) in [5.74, 6) is 0.0335. The van der Waals surface area contributed by atoms with Gasteiger partial charge in [-0.15, -0.1) is 0 Å². The van der Waals surface area contributed by atoms with Crippen LogP contribution in [0.25, 0.3) is 0 Å². The maximum atomic E-state index is 12.5. The number of hydrogen-bond donors (Lipinski definition) is 1. The Morgan fingerprint density at radius 3 is 3.00 bits per heavy atom. The summed E-state index contributed by atoms with van der Waals surface area (Å²) in [5, 5.41) is 4.12. The number of rotatable bonds is 3. The van der Waals surface area contributed by atoms with E-state index in [9.17, 15) is 4.79 Å².